The van der Waals surface area contributed by atoms with Crippen molar-refractivity contribution in [2.75, 3.05) is 13.1 Å². The van der Waals surface area contributed by atoms with Crippen molar-refractivity contribution < 1.29 is 9.32 Å². The Balaban J connectivity index is 1.77. The molecule has 4 rings (SSSR count). The van der Waals surface area contributed by atoms with E-state index in [9.17, 15) is 4.79 Å². The molecule has 2 unspecified atom stereocenters. The minimum absolute atomic E-state index is 0.0576. The largest absolute Gasteiger partial charge is 0.336 e. The van der Waals surface area contributed by atoms with Crippen LogP contribution in [0.1, 0.15) is 73.6 Å². The van der Waals surface area contributed by atoms with Crippen molar-refractivity contribution in [1.29, 1.82) is 0 Å². The van der Waals surface area contributed by atoms with Gasteiger partial charge in [-0.25, -0.2) is 4.98 Å². The summed E-state index contributed by atoms with van der Waals surface area (Å²) in [7, 11) is 0. The van der Waals surface area contributed by atoms with Gasteiger partial charge in [0.15, 0.2) is 0 Å². The predicted octanol–water partition coefficient (Wildman–Crippen LogP) is 3.25. The number of aromatic nitrogens is 2. The van der Waals surface area contributed by atoms with Gasteiger partial charge in [-0.3, -0.25) is 4.79 Å². The quantitative estimate of drug-likeness (QED) is 0.889. The van der Waals surface area contributed by atoms with E-state index in [0.29, 0.717) is 29.7 Å². The van der Waals surface area contributed by atoms with E-state index in [0.717, 1.165) is 61.8 Å². The Morgan fingerprint density at radius 1 is 1.38 bits per heavy atom. The molecule has 2 atom stereocenters. The van der Waals surface area contributed by atoms with Gasteiger partial charge in [-0.1, -0.05) is 25.4 Å². The molecule has 2 N–H and O–H groups in total. The fraction of sp³-hybridized carbons (Fsp3) is 0.650. The van der Waals surface area contributed by atoms with Crippen LogP contribution in [0.2, 0.25) is 0 Å². The zero-order valence-electron chi connectivity index (χ0n) is 15.7. The Hall–Kier alpha value is -1.95. The topological polar surface area (TPSA) is 85.2 Å². The van der Waals surface area contributed by atoms with Crippen molar-refractivity contribution >= 4 is 17.0 Å². The molecule has 6 nitrogen and oxygen atoms in total. The minimum atomic E-state index is 0.0576. The van der Waals surface area contributed by atoms with E-state index in [1.54, 1.807) is 0 Å². The van der Waals surface area contributed by atoms with Crippen molar-refractivity contribution in [3.63, 3.8) is 0 Å². The molecule has 1 aliphatic heterocycles. The first-order valence-electron chi connectivity index (χ1n) is 9.92. The van der Waals surface area contributed by atoms with E-state index in [1.165, 1.54) is 0 Å². The zero-order chi connectivity index (χ0) is 18.3. The average molecular weight is 356 g/mol. The number of rotatable bonds is 5. The first kappa shape index (κ1) is 17.5. The van der Waals surface area contributed by atoms with Crippen LogP contribution in [-0.4, -0.2) is 40.1 Å². The molecule has 2 aromatic heterocycles. The van der Waals surface area contributed by atoms with Gasteiger partial charge in [-0.15, -0.1) is 0 Å². The number of carbonyl (C=O) groups is 1. The second kappa shape index (κ2) is 6.99. The molecule has 2 aliphatic rings. The normalized spacial score (nSPS) is 23.6. The molecule has 1 saturated carbocycles. The Morgan fingerprint density at radius 2 is 2.19 bits per heavy atom. The highest BCUT2D eigenvalue weighted by Gasteiger charge is 2.34. The van der Waals surface area contributed by atoms with Crippen molar-refractivity contribution in [2.24, 2.45) is 11.7 Å². The summed E-state index contributed by atoms with van der Waals surface area (Å²) in [4.78, 5) is 20.1. The number of carbonyl (C=O) groups excluding carboxylic acids is 1. The third kappa shape index (κ3) is 3.11. The molecule has 140 valence electrons. The van der Waals surface area contributed by atoms with Crippen molar-refractivity contribution in [2.45, 2.75) is 64.3 Å². The molecule has 0 aromatic carbocycles. The maximum absolute atomic E-state index is 13.5. The number of nitrogens with two attached hydrogens (primary N) is 1. The summed E-state index contributed by atoms with van der Waals surface area (Å²) in [5.41, 5.74) is 9.02. The monoisotopic (exact) mass is 356 g/mol. The van der Waals surface area contributed by atoms with E-state index in [-0.39, 0.29) is 11.9 Å². The SMILES string of the molecule is CCCc1noc2nc(C3CC3)cc(C(=O)N3CCC(C)CC3CN)c12. The number of nitrogens with zero attached hydrogens (tertiary/aromatic N) is 3. The average Bonchev–Trinajstić information content (AvgIpc) is 3.42. The predicted molar refractivity (Wildman–Crippen MR) is 100 cm³/mol. The van der Waals surface area contributed by atoms with E-state index in [4.69, 9.17) is 10.3 Å². The lowest BCUT2D eigenvalue weighted by molar-refractivity contribution is 0.0575. The summed E-state index contributed by atoms with van der Waals surface area (Å²) in [6.45, 7) is 5.61. The van der Waals surface area contributed by atoms with Crippen LogP contribution < -0.4 is 5.73 Å². The van der Waals surface area contributed by atoms with Gasteiger partial charge < -0.3 is 15.2 Å². The number of pyridine rings is 1. The fourth-order valence-electron chi connectivity index (χ4n) is 4.09. The Labute approximate surface area is 154 Å². The van der Waals surface area contributed by atoms with Gasteiger partial charge >= 0.3 is 0 Å². The first-order chi connectivity index (χ1) is 12.6. The van der Waals surface area contributed by atoms with Gasteiger partial charge in [0.05, 0.1) is 16.6 Å². The standard InChI is InChI=1S/C20H28N4O2/c1-3-4-16-18-15(10-17(13-5-6-13)22-19(18)26-23-16)20(25)24-8-7-12(2)9-14(24)11-21/h10,12-14H,3-9,11,21H2,1-2H3. The van der Waals surface area contributed by atoms with E-state index < -0.39 is 0 Å². The zero-order valence-corrected chi connectivity index (χ0v) is 15.7. The first-order valence-corrected chi connectivity index (χ1v) is 9.92. The molecule has 1 aliphatic carbocycles. The Morgan fingerprint density at radius 3 is 2.88 bits per heavy atom. The second-order valence-corrected chi connectivity index (χ2v) is 7.95. The number of hydrogen-bond donors (Lipinski definition) is 1. The van der Waals surface area contributed by atoms with Gasteiger partial charge in [0.2, 0.25) is 0 Å². The molecule has 3 heterocycles. The summed E-state index contributed by atoms with van der Waals surface area (Å²) >= 11 is 0. The number of aryl methyl sites for hydroxylation is 1. The minimum Gasteiger partial charge on any atom is -0.336 e. The lowest BCUT2D eigenvalue weighted by Gasteiger charge is -2.38. The van der Waals surface area contributed by atoms with E-state index in [1.807, 2.05) is 11.0 Å². The molecule has 6 heteroatoms. The summed E-state index contributed by atoms with van der Waals surface area (Å²) in [5, 5.41) is 5.01. The van der Waals surface area contributed by atoms with Gasteiger partial charge in [0, 0.05) is 30.7 Å². The highest BCUT2D eigenvalue weighted by Crippen LogP contribution is 2.41. The summed E-state index contributed by atoms with van der Waals surface area (Å²) in [6, 6.07) is 2.10. The molecule has 2 aromatic rings. The number of piperidine rings is 1. The van der Waals surface area contributed by atoms with Crippen LogP contribution >= 0.6 is 0 Å². The summed E-state index contributed by atoms with van der Waals surface area (Å²) in [5.74, 6) is 1.12. The third-order valence-corrected chi connectivity index (χ3v) is 5.76. The lowest BCUT2D eigenvalue weighted by atomic mass is 9.91. The molecule has 26 heavy (non-hydrogen) atoms. The highest BCUT2D eigenvalue weighted by molar-refractivity contribution is 6.06. The summed E-state index contributed by atoms with van der Waals surface area (Å²) < 4.78 is 5.51. The lowest BCUT2D eigenvalue weighted by Crippen LogP contribution is -2.49. The van der Waals surface area contributed by atoms with Crippen LogP contribution in [0.5, 0.6) is 0 Å². The van der Waals surface area contributed by atoms with Crippen LogP contribution in [0.25, 0.3) is 11.1 Å². The summed E-state index contributed by atoms with van der Waals surface area (Å²) in [6.07, 6.45) is 6.00. The van der Waals surface area contributed by atoms with Crippen LogP contribution in [0, 0.1) is 5.92 Å². The maximum Gasteiger partial charge on any atom is 0.259 e. The van der Waals surface area contributed by atoms with Crippen LogP contribution in [0.15, 0.2) is 10.6 Å². The number of amides is 1. The van der Waals surface area contributed by atoms with Gasteiger partial charge in [0.25, 0.3) is 11.6 Å². The molecule has 2 fully saturated rings. The maximum atomic E-state index is 13.5. The molecule has 1 amide bonds. The number of fused-ring (bicyclic) bond motifs is 1. The molecule has 0 radical (unpaired) electrons. The van der Waals surface area contributed by atoms with E-state index in [2.05, 4.69) is 24.0 Å². The van der Waals surface area contributed by atoms with Gasteiger partial charge in [-0.2, -0.15) is 0 Å². The van der Waals surface area contributed by atoms with Gasteiger partial charge in [0.1, 0.15) is 0 Å². The number of likely N-dealkylation sites (tertiary alicyclic amines) is 1. The van der Waals surface area contributed by atoms with Crippen molar-refractivity contribution in [3.05, 3.63) is 23.0 Å². The molecular weight excluding hydrogens is 328 g/mol. The van der Waals surface area contributed by atoms with Crippen LogP contribution in [0.3, 0.4) is 0 Å². The third-order valence-electron chi connectivity index (χ3n) is 5.76. The second-order valence-electron chi connectivity index (χ2n) is 7.95. The van der Waals surface area contributed by atoms with Crippen LogP contribution in [-0.2, 0) is 6.42 Å². The van der Waals surface area contributed by atoms with Crippen molar-refractivity contribution in [3.8, 4) is 0 Å². The number of hydrogen-bond acceptors (Lipinski definition) is 5. The molecule has 0 bridgehead atoms. The Bertz CT molecular complexity index is 811. The Kier molecular flexibility index (Phi) is 4.69. The fourth-order valence-corrected chi connectivity index (χ4v) is 4.09. The van der Waals surface area contributed by atoms with E-state index >= 15 is 0 Å². The van der Waals surface area contributed by atoms with Crippen LogP contribution in [0.4, 0.5) is 0 Å². The molecular formula is C20H28N4O2. The highest BCUT2D eigenvalue weighted by atomic mass is 16.5. The molecule has 1 saturated heterocycles. The molecule has 0 spiro atoms. The smallest absolute Gasteiger partial charge is 0.259 e. The van der Waals surface area contributed by atoms with Gasteiger partial charge in [-0.05, 0) is 44.1 Å². The van der Waals surface area contributed by atoms with Crippen molar-refractivity contribution in [1.82, 2.24) is 15.0 Å².